The number of hydrogen-bond acceptors (Lipinski definition) is 6. The predicted octanol–water partition coefficient (Wildman–Crippen LogP) is 1.44. The van der Waals surface area contributed by atoms with Crippen LogP contribution < -0.4 is 19.9 Å². The number of methoxy groups -OCH3 is 2. The lowest BCUT2D eigenvalue weighted by Crippen LogP contribution is -2.26. The quantitative estimate of drug-likeness (QED) is 0.809. The number of carbonyl (C=O) groups excluding carboxylic acids is 1. The number of benzene rings is 1. The van der Waals surface area contributed by atoms with Crippen molar-refractivity contribution in [3.8, 4) is 11.5 Å². The third-order valence-electron chi connectivity index (χ3n) is 3.34. The first kappa shape index (κ1) is 17.8. The molecule has 1 heterocycles. The van der Waals surface area contributed by atoms with Gasteiger partial charge in [-0.3, -0.25) is 4.79 Å². The second kappa shape index (κ2) is 6.93. The number of nitrogens with one attached hydrogen (secondary N) is 1. The Bertz CT molecular complexity index is 843. The Labute approximate surface area is 139 Å². The monoisotopic (exact) mass is 354 g/mol. The van der Waals surface area contributed by atoms with Crippen molar-refractivity contribution >= 4 is 15.9 Å². The second-order valence-electron chi connectivity index (χ2n) is 4.97. The van der Waals surface area contributed by atoms with Crippen molar-refractivity contribution in [3.63, 3.8) is 0 Å². The van der Waals surface area contributed by atoms with E-state index in [9.17, 15) is 13.2 Å². The molecule has 0 saturated heterocycles. The molecule has 0 aliphatic heterocycles. The Morgan fingerprint density at radius 3 is 2.38 bits per heavy atom. The largest absolute Gasteiger partial charge is 0.493 e. The molecule has 0 spiro atoms. The number of ether oxygens (including phenoxy) is 2. The van der Waals surface area contributed by atoms with Crippen molar-refractivity contribution in [3.05, 3.63) is 41.7 Å². The van der Waals surface area contributed by atoms with Crippen LogP contribution in [0.1, 0.15) is 29.1 Å². The van der Waals surface area contributed by atoms with Gasteiger partial charge in [0.2, 0.25) is 5.09 Å². The summed E-state index contributed by atoms with van der Waals surface area (Å²) in [4.78, 5) is 12.1. The van der Waals surface area contributed by atoms with Crippen LogP contribution in [0.5, 0.6) is 11.5 Å². The van der Waals surface area contributed by atoms with Crippen LogP contribution in [0.2, 0.25) is 0 Å². The Morgan fingerprint density at radius 1 is 1.17 bits per heavy atom. The zero-order valence-corrected chi connectivity index (χ0v) is 14.2. The predicted molar refractivity (Wildman–Crippen MR) is 85.5 cm³/mol. The summed E-state index contributed by atoms with van der Waals surface area (Å²) >= 11 is 0. The van der Waals surface area contributed by atoms with E-state index in [2.05, 4.69) is 5.32 Å². The summed E-state index contributed by atoms with van der Waals surface area (Å²) in [5.41, 5.74) is 0.777. The summed E-state index contributed by atoms with van der Waals surface area (Å²) in [6.07, 6.45) is 0. The summed E-state index contributed by atoms with van der Waals surface area (Å²) < 4.78 is 37.7. The molecule has 24 heavy (non-hydrogen) atoms. The van der Waals surface area contributed by atoms with Gasteiger partial charge in [0.15, 0.2) is 17.3 Å². The van der Waals surface area contributed by atoms with Gasteiger partial charge in [-0.15, -0.1) is 0 Å². The van der Waals surface area contributed by atoms with E-state index in [1.54, 1.807) is 25.1 Å². The van der Waals surface area contributed by atoms with Crippen LogP contribution in [0.25, 0.3) is 0 Å². The van der Waals surface area contributed by atoms with Crippen LogP contribution in [-0.4, -0.2) is 28.5 Å². The lowest BCUT2D eigenvalue weighted by molar-refractivity contribution is 0.0906. The Kier molecular flexibility index (Phi) is 5.15. The van der Waals surface area contributed by atoms with Crippen molar-refractivity contribution in [2.75, 3.05) is 14.2 Å². The summed E-state index contributed by atoms with van der Waals surface area (Å²) in [7, 11) is -0.943. The topological polar surface area (TPSA) is 121 Å². The third kappa shape index (κ3) is 3.87. The fraction of sp³-hybridized carbons (Fsp3) is 0.267. The lowest BCUT2D eigenvalue weighted by atomic mass is 10.1. The summed E-state index contributed by atoms with van der Waals surface area (Å²) in [6.45, 7) is 1.77. The average molecular weight is 354 g/mol. The van der Waals surface area contributed by atoms with E-state index in [1.807, 2.05) is 0 Å². The van der Waals surface area contributed by atoms with Gasteiger partial charge >= 0.3 is 0 Å². The second-order valence-corrected chi connectivity index (χ2v) is 6.47. The maximum absolute atomic E-state index is 12.1. The van der Waals surface area contributed by atoms with Gasteiger partial charge in [-0.05, 0) is 36.8 Å². The first-order chi connectivity index (χ1) is 11.3. The fourth-order valence-electron chi connectivity index (χ4n) is 2.07. The minimum atomic E-state index is -3.99. The normalized spacial score (nSPS) is 12.5. The molecule has 0 radical (unpaired) electrons. The van der Waals surface area contributed by atoms with Gasteiger partial charge in [0.25, 0.3) is 15.9 Å². The van der Waals surface area contributed by atoms with E-state index in [0.29, 0.717) is 11.5 Å². The Balaban J connectivity index is 2.15. The highest BCUT2D eigenvalue weighted by molar-refractivity contribution is 7.89. The zero-order valence-electron chi connectivity index (χ0n) is 13.4. The van der Waals surface area contributed by atoms with Crippen LogP contribution in [0, 0.1) is 0 Å². The highest BCUT2D eigenvalue weighted by atomic mass is 32.2. The van der Waals surface area contributed by atoms with Crippen LogP contribution >= 0.6 is 0 Å². The van der Waals surface area contributed by atoms with Crippen molar-refractivity contribution in [2.45, 2.75) is 18.1 Å². The van der Waals surface area contributed by atoms with Crippen molar-refractivity contribution in [2.24, 2.45) is 5.14 Å². The fourth-order valence-corrected chi connectivity index (χ4v) is 2.53. The molecular weight excluding hydrogens is 336 g/mol. The van der Waals surface area contributed by atoms with E-state index >= 15 is 0 Å². The number of hydrogen-bond donors (Lipinski definition) is 2. The third-order valence-corrected chi connectivity index (χ3v) is 4.12. The molecule has 1 atom stereocenters. The molecule has 1 aromatic heterocycles. The zero-order chi connectivity index (χ0) is 17.9. The number of rotatable bonds is 6. The minimum Gasteiger partial charge on any atom is -0.493 e. The molecular formula is C15H18N2O6S. The summed E-state index contributed by atoms with van der Waals surface area (Å²) in [6, 6.07) is 7.25. The van der Waals surface area contributed by atoms with Gasteiger partial charge in [0.1, 0.15) is 0 Å². The standard InChI is InChI=1S/C15H18N2O6S/c1-9(10-4-5-11(21-2)13(8-10)22-3)17-15(18)12-6-7-14(23-12)24(16,19)20/h4-9H,1-3H3,(H,17,18)(H2,16,19,20). The number of amides is 1. The maximum Gasteiger partial charge on any atom is 0.287 e. The van der Waals surface area contributed by atoms with Gasteiger partial charge in [-0.1, -0.05) is 6.07 Å². The van der Waals surface area contributed by atoms with Gasteiger partial charge in [0, 0.05) is 0 Å². The molecule has 2 rings (SSSR count). The van der Waals surface area contributed by atoms with Gasteiger partial charge < -0.3 is 19.2 Å². The van der Waals surface area contributed by atoms with Gasteiger partial charge in [0.05, 0.1) is 20.3 Å². The van der Waals surface area contributed by atoms with Crippen LogP contribution in [0.4, 0.5) is 0 Å². The molecule has 2 aromatic rings. The SMILES string of the molecule is COc1ccc(C(C)NC(=O)c2ccc(S(N)(=O)=O)o2)cc1OC. The van der Waals surface area contributed by atoms with Crippen LogP contribution in [0.15, 0.2) is 39.8 Å². The molecule has 130 valence electrons. The summed E-state index contributed by atoms with van der Waals surface area (Å²) in [5, 5.41) is 7.18. The van der Waals surface area contributed by atoms with Gasteiger partial charge in [-0.25, -0.2) is 13.6 Å². The van der Waals surface area contributed by atoms with E-state index in [-0.39, 0.29) is 11.8 Å². The number of nitrogens with two attached hydrogens (primary N) is 1. The minimum absolute atomic E-state index is 0.147. The highest BCUT2D eigenvalue weighted by Gasteiger charge is 2.19. The number of sulfonamides is 1. The van der Waals surface area contributed by atoms with Crippen molar-refractivity contribution in [1.82, 2.24) is 5.32 Å². The maximum atomic E-state index is 12.1. The smallest absolute Gasteiger partial charge is 0.287 e. The molecule has 9 heteroatoms. The molecule has 1 amide bonds. The van der Waals surface area contributed by atoms with E-state index in [4.69, 9.17) is 19.0 Å². The van der Waals surface area contributed by atoms with Crippen molar-refractivity contribution in [1.29, 1.82) is 0 Å². The average Bonchev–Trinajstić information content (AvgIpc) is 3.04. The first-order valence-corrected chi connectivity index (χ1v) is 8.46. The Hall–Kier alpha value is -2.52. The molecule has 0 saturated carbocycles. The molecule has 1 aromatic carbocycles. The van der Waals surface area contributed by atoms with Gasteiger partial charge in [-0.2, -0.15) is 0 Å². The molecule has 1 unspecified atom stereocenters. The van der Waals surface area contributed by atoms with E-state index < -0.39 is 21.0 Å². The molecule has 0 bridgehead atoms. The number of carbonyl (C=O) groups is 1. The summed E-state index contributed by atoms with van der Waals surface area (Å²) in [5.74, 6) is 0.396. The van der Waals surface area contributed by atoms with E-state index in [1.165, 1.54) is 20.3 Å². The van der Waals surface area contributed by atoms with Crippen LogP contribution in [0.3, 0.4) is 0 Å². The van der Waals surface area contributed by atoms with Crippen LogP contribution in [-0.2, 0) is 10.0 Å². The molecule has 8 nitrogen and oxygen atoms in total. The first-order valence-electron chi connectivity index (χ1n) is 6.91. The van der Waals surface area contributed by atoms with Crippen molar-refractivity contribution < 1.29 is 27.1 Å². The lowest BCUT2D eigenvalue weighted by Gasteiger charge is -2.16. The molecule has 3 N–H and O–H groups in total. The molecule has 0 fully saturated rings. The van der Waals surface area contributed by atoms with E-state index in [0.717, 1.165) is 11.6 Å². The Morgan fingerprint density at radius 2 is 1.83 bits per heavy atom. The molecule has 0 aliphatic rings. The highest BCUT2D eigenvalue weighted by Crippen LogP contribution is 2.30. The number of furan rings is 1. The molecule has 0 aliphatic carbocycles. The number of primary sulfonamides is 1.